The quantitative estimate of drug-likeness (QED) is 0.429. The Labute approximate surface area is 120 Å². The Morgan fingerprint density at radius 2 is 1.65 bits per heavy atom. The number of nitrogens with one attached hydrogen (secondary N) is 1. The molecular weight excluding hydrogens is 268 g/mol. The van der Waals surface area contributed by atoms with Gasteiger partial charge in [0.2, 0.25) is 0 Å². The first kappa shape index (κ1) is 19.7. The monoisotopic (exact) mass is 297 g/mol. The molecule has 0 fully saturated rings. The molecule has 0 aromatic rings. The summed E-state index contributed by atoms with van der Waals surface area (Å²) in [4.78, 5) is 0. The molecule has 0 aliphatic heterocycles. The SMILES string of the molecule is CCCCCCCCOCC(O)CNCC(O)C(F)F. The van der Waals surface area contributed by atoms with Crippen molar-refractivity contribution < 1.29 is 23.7 Å². The van der Waals surface area contributed by atoms with Crippen LogP contribution in [0, 0.1) is 0 Å². The summed E-state index contributed by atoms with van der Waals surface area (Å²) in [5.41, 5.74) is 0. The molecule has 0 heterocycles. The van der Waals surface area contributed by atoms with Gasteiger partial charge in [-0.3, -0.25) is 0 Å². The number of halogens is 2. The highest BCUT2D eigenvalue weighted by molar-refractivity contribution is 4.64. The molecule has 4 nitrogen and oxygen atoms in total. The fourth-order valence-electron chi connectivity index (χ4n) is 1.75. The van der Waals surface area contributed by atoms with Crippen molar-refractivity contribution in [3.05, 3.63) is 0 Å². The highest BCUT2D eigenvalue weighted by Gasteiger charge is 2.16. The van der Waals surface area contributed by atoms with E-state index in [9.17, 15) is 13.9 Å². The second-order valence-corrected chi connectivity index (χ2v) is 5.06. The zero-order valence-corrected chi connectivity index (χ0v) is 12.4. The summed E-state index contributed by atoms with van der Waals surface area (Å²) < 4.78 is 29.3. The van der Waals surface area contributed by atoms with E-state index >= 15 is 0 Å². The van der Waals surface area contributed by atoms with Crippen LogP contribution >= 0.6 is 0 Å². The van der Waals surface area contributed by atoms with Crippen LogP contribution < -0.4 is 5.32 Å². The predicted octanol–water partition coefficient (Wildman–Crippen LogP) is 1.94. The molecule has 0 rings (SSSR count). The van der Waals surface area contributed by atoms with Gasteiger partial charge in [0.05, 0.1) is 12.7 Å². The maximum Gasteiger partial charge on any atom is 0.265 e. The van der Waals surface area contributed by atoms with Gasteiger partial charge in [0.1, 0.15) is 6.10 Å². The van der Waals surface area contributed by atoms with E-state index in [1.165, 1.54) is 25.7 Å². The van der Waals surface area contributed by atoms with Gasteiger partial charge in [-0.05, 0) is 6.42 Å². The molecule has 0 aromatic carbocycles. The fourth-order valence-corrected chi connectivity index (χ4v) is 1.75. The van der Waals surface area contributed by atoms with Gasteiger partial charge in [-0.2, -0.15) is 0 Å². The summed E-state index contributed by atoms with van der Waals surface area (Å²) in [5.74, 6) is 0. The molecule has 0 aliphatic rings. The van der Waals surface area contributed by atoms with Crippen molar-refractivity contribution >= 4 is 0 Å². The van der Waals surface area contributed by atoms with Gasteiger partial charge in [-0.1, -0.05) is 39.0 Å². The summed E-state index contributed by atoms with van der Waals surface area (Å²) in [6.45, 7) is 2.89. The van der Waals surface area contributed by atoms with Crippen LogP contribution in [0.4, 0.5) is 8.78 Å². The summed E-state index contributed by atoms with van der Waals surface area (Å²) in [6, 6.07) is 0. The fraction of sp³-hybridized carbons (Fsp3) is 1.00. The third kappa shape index (κ3) is 12.7. The number of aliphatic hydroxyl groups excluding tert-OH is 2. The lowest BCUT2D eigenvalue weighted by Crippen LogP contribution is -2.37. The predicted molar refractivity (Wildman–Crippen MR) is 75.1 cm³/mol. The Morgan fingerprint density at radius 1 is 1.00 bits per heavy atom. The van der Waals surface area contributed by atoms with E-state index in [-0.39, 0.29) is 19.7 Å². The number of aliphatic hydroxyl groups is 2. The van der Waals surface area contributed by atoms with E-state index in [4.69, 9.17) is 9.84 Å². The first-order valence-electron chi connectivity index (χ1n) is 7.50. The summed E-state index contributed by atoms with van der Waals surface area (Å²) in [6.07, 6.45) is 1.91. The molecule has 2 atom stereocenters. The van der Waals surface area contributed by atoms with Gasteiger partial charge in [-0.15, -0.1) is 0 Å². The summed E-state index contributed by atoms with van der Waals surface area (Å²) >= 11 is 0. The third-order valence-electron chi connectivity index (χ3n) is 2.98. The van der Waals surface area contributed by atoms with E-state index in [1.807, 2.05) is 0 Å². The zero-order valence-electron chi connectivity index (χ0n) is 12.4. The maximum atomic E-state index is 12.0. The molecule has 0 aliphatic carbocycles. The molecule has 0 bridgehead atoms. The van der Waals surface area contributed by atoms with Crippen molar-refractivity contribution in [3.63, 3.8) is 0 Å². The molecule has 20 heavy (non-hydrogen) atoms. The van der Waals surface area contributed by atoms with E-state index in [0.29, 0.717) is 6.61 Å². The number of ether oxygens (including phenoxy) is 1. The minimum atomic E-state index is -2.76. The van der Waals surface area contributed by atoms with Crippen LogP contribution in [0.25, 0.3) is 0 Å². The van der Waals surface area contributed by atoms with Gasteiger partial charge in [0, 0.05) is 19.7 Å². The van der Waals surface area contributed by atoms with Crippen molar-refractivity contribution in [2.45, 2.75) is 64.1 Å². The average molecular weight is 297 g/mol. The lowest BCUT2D eigenvalue weighted by molar-refractivity contribution is -0.00753. The van der Waals surface area contributed by atoms with Crippen LogP contribution in [0.1, 0.15) is 45.4 Å². The Morgan fingerprint density at radius 3 is 2.30 bits per heavy atom. The maximum absolute atomic E-state index is 12.0. The molecule has 0 aromatic heterocycles. The van der Waals surface area contributed by atoms with Crippen molar-refractivity contribution in [2.24, 2.45) is 0 Å². The normalized spacial score (nSPS) is 14.7. The lowest BCUT2D eigenvalue weighted by atomic mass is 10.1. The minimum Gasteiger partial charge on any atom is -0.389 e. The van der Waals surface area contributed by atoms with E-state index in [2.05, 4.69) is 12.2 Å². The Hall–Kier alpha value is -0.300. The smallest absolute Gasteiger partial charge is 0.265 e. The zero-order chi connectivity index (χ0) is 15.2. The second-order valence-electron chi connectivity index (χ2n) is 5.06. The van der Waals surface area contributed by atoms with E-state index in [1.54, 1.807) is 0 Å². The molecule has 6 heteroatoms. The molecule has 0 saturated heterocycles. The highest BCUT2D eigenvalue weighted by atomic mass is 19.3. The van der Waals surface area contributed by atoms with Gasteiger partial charge in [-0.25, -0.2) is 8.78 Å². The molecule has 0 radical (unpaired) electrons. The number of hydrogen-bond donors (Lipinski definition) is 3. The first-order valence-corrected chi connectivity index (χ1v) is 7.50. The van der Waals surface area contributed by atoms with E-state index < -0.39 is 18.6 Å². The van der Waals surface area contributed by atoms with Gasteiger partial charge in [0.15, 0.2) is 0 Å². The molecule has 0 amide bonds. The largest absolute Gasteiger partial charge is 0.389 e. The summed E-state index contributed by atoms with van der Waals surface area (Å²) in [5, 5.41) is 20.9. The molecular formula is C14H29F2NO3. The average Bonchev–Trinajstić information content (AvgIpc) is 2.41. The standard InChI is InChI=1S/C14H29F2NO3/c1-2-3-4-5-6-7-8-20-11-12(18)9-17-10-13(19)14(15)16/h12-14,17-19H,2-11H2,1H3. The Bertz CT molecular complexity index is 209. The molecule has 122 valence electrons. The van der Waals surface area contributed by atoms with Crippen LogP contribution in [0.3, 0.4) is 0 Å². The molecule has 0 spiro atoms. The number of hydrogen-bond acceptors (Lipinski definition) is 4. The Kier molecular flexibility index (Phi) is 13.5. The van der Waals surface area contributed by atoms with Crippen molar-refractivity contribution in [1.29, 1.82) is 0 Å². The van der Waals surface area contributed by atoms with Gasteiger partial charge >= 0.3 is 0 Å². The van der Waals surface area contributed by atoms with Crippen LogP contribution in [0.2, 0.25) is 0 Å². The van der Waals surface area contributed by atoms with Crippen molar-refractivity contribution in [3.8, 4) is 0 Å². The van der Waals surface area contributed by atoms with Crippen molar-refractivity contribution in [1.82, 2.24) is 5.32 Å². The number of rotatable bonds is 14. The number of alkyl halides is 2. The highest BCUT2D eigenvalue weighted by Crippen LogP contribution is 2.05. The minimum absolute atomic E-state index is 0.139. The Balaban J connectivity index is 3.26. The first-order chi connectivity index (χ1) is 9.57. The molecule has 3 N–H and O–H groups in total. The van der Waals surface area contributed by atoms with Gasteiger partial charge < -0.3 is 20.3 Å². The second kappa shape index (κ2) is 13.7. The van der Waals surface area contributed by atoms with Crippen molar-refractivity contribution in [2.75, 3.05) is 26.3 Å². The van der Waals surface area contributed by atoms with Crippen LogP contribution in [0.5, 0.6) is 0 Å². The van der Waals surface area contributed by atoms with Crippen LogP contribution in [0.15, 0.2) is 0 Å². The van der Waals surface area contributed by atoms with Crippen LogP contribution in [-0.4, -0.2) is 55.1 Å². The van der Waals surface area contributed by atoms with E-state index in [0.717, 1.165) is 12.8 Å². The van der Waals surface area contributed by atoms with Gasteiger partial charge in [0.25, 0.3) is 6.43 Å². The van der Waals surface area contributed by atoms with Crippen LogP contribution in [-0.2, 0) is 4.74 Å². The summed E-state index contributed by atoms with van der Waals surface area (Å²) in [7, 11) is 0. The third-order valence-corrected chi connectivity index (χ3v) is 2.98. The number of unbranched alkanes of at least 4 members (excludes halogenated alkanes) is 5. The lowest BCUT2D eigenvalue weighted by Gasteiger charge is -2.14. The topological polar surface area (TPSA) is 61.7 Å². The molecule has 2 unspecified atom stereocenters. The molecule has 0 saturated carbocycles.